The Balaban J connectivity index is 2.81. The summed E-state index contributed by atoms with van der Waals surface area (Å²) in [7, 11) is 0. The number of aromatic nitrogens is 2. The van der Waals surface area contributed by atoms with Gasteiger partial charge in [0.1, 0.15) is 0 Å². The zero-order valence-electron chi connectivity index (χ0n) is 10.0. The van der Waals surface area contributed by atoms with Gasteiger partial charge in [-0.2, -0.15) is 5.10 Å². The number of carbonyl (C=O) groups excluding carboxylic acids is 1. The highest BCUT2D eigenvalue weighted by Crippen LogP contribution is 2.15. The molecule has 0 aromatic carbocycles. The molecule has 0 aliphatic heterocycles. The SMILES string of the molecule is CCC(CC)(CO)NC(=O)c1cn[nH]c1C. The quantitative estimate of drug-likeness (QED) is 0.699. The number of H-pyrrole nitrogens is 1. The Morgan fingerprint density at radius 3 is 2.56 bits per heavy atom. The van der Waals surface area contributed by atoms with Crippen LogP contribution in [0.2, 0.25) is 0 Å². The summed E-state index contributed by atoms with van der Waals surface area (Å²) >= 11 is 0. The van der Waals surface area contributed by atoms with Crippen molar-refractivity contribution in [3.63, 3.8) is 0 Å². The largest absolute Gasteiger partial charge is 0.394 e. The molecule has 5 nitrogen and oxygen atoms in total. The first-order valence-corrected chi connectivity index (χ1v) is 5.52. The number of aliphatic hydroxyl groups is 1. The Morgan fingerprint density at radius 1 is 1.56 bits per heavy atom. The maximum absolute atomic E-state index is 11.9. The fraction of sp³-hybridized carbons (Fsp3) is 0.636. The third kappa shape index (κ3) is 2.41. The van der Waals surface area contributed by atoms with Gasteiger partial charge < -0.3 is 10.4 Å². The molecule has 3 N–H and O–H groups in total. The fourth-order valence-corrected chi connectivity index (χ4v) is 1.58. The van der Waals surface area contributed by atoms with Crippen molar-refractivity contribution >= 4 is 5.91 Å². The number of aromatic amines is 1. The minimum Gasteiger partial charge on any atom is -0.394 e. The lowest BCUT2D eigenvalue weighted by Gasteiger charge is -2.30. The second-order valence-corrected chi connectivity index (χ2v) is 4.01. The maximum atomic E-state index is 11.9. The topological polar surface area (TPSA) is 78.0 Å². The number of hydrogen-bond acceptors (Lipinski definition) is 3. The van der Waals surface area contributed by atoms with E-state index in [1.54, 1.807) is 6.92 Å². The second kappa shape index (κ2) is 5.12. The Hall–Kier alpha value is -1.36. The standard InChI is InChI=1S/C11H19N3O2/c1-4-11(5-2,7-15)13-10(16)9-6-12-14-8(9)3/h6,15H,4-5,7H2,1-3H3,(H,12,14)(H,13,16). The molecule has 1 aromatic rings. The molecule has 1 aromatic heterocycles. The van der Waals surface area contributed by atoms with Crippen molar-refractivity contribution in [3.8, 4) is 0 Å². The van der Waals surface area contributed by atoms with Crippen LogP contribution in [0.25, 0.3) is 0 Å². The Morgan fingerprint density at radius 2 is 2.19 bits per heavy atom. The minimum atomic E-state index is -0.527. The summed E-state index contributed by atoms with van der Waals surface area (Å²) in [5.41, 5.74) is 0.733. The van der Waals surface area contributed by atoms with Crippen molar-refractivity contribution < 1.29 is 9.90 Å². The van der Waals surface area contributed by atoms with Gasteiger partial charge >= 0.3 is 0 Å². The molecule has 0 spiro atoms. The van der Waals surface area contributed by atoms with Crippen molar-refractivity contribution in [2.75, 3.05) is 6.61 Å². The van der Waals surface area contributed by atoms with Gasteiger partial charge in [-0.3, -0.25) is 9.89 Å². The number of rotatable bonds is 5. The van der Waals surface area contributed by atoms with E-state index in [0.29, 0.717) is 18.4 Å². The molecule has 0 radical (unpaired) electrons. The number of aliphatic hydroxyl groups excluding tert-OH is 1. The van der Waals surface area contributed by atoms with Crippen LogP contribution in [-0.2, 0) is 0 Å². The summed E-state index contributed by atoms with van der Waals surface area (Å²) in [4.78, 5) is 11.9. The van der Waals surface area contributed by atoms with Crippen LogP contribution in [0.1, 0.15) is 42.7 Å². The van der Waals surface area contributed by atoms with Crippen molar-refractivity contribution in [3.05, 3.63) is 17.5 Å². The minimum absolute atomic E-state index is 0.0529. The Bertz CT molecular complexity index is 348. The van der Waals surface area contributed by atoms with Crippen molar-refractivity contribution in [1.29, 1.82) is 0 Å². The zero-order valence-corrected chi connectivity index (χ0v) is 10.0. The number of amides is 1. The molecule has 0 saturated heterocycles. The number of aryl methyl sites for hydroxylation is 1. The van der Waals surface area contributed by atoms with Crippen LogP contribution < -0.4 is 5.32 Å². The molecule has 1 rings (SSSR count). The van der Waals surface area contributed by atoms with Crippen LogP contribution in [-0.4, -0.2) is 33.4 Å². The number of carbonyl (C=O) groups is 1. The van der Waals surface area contributed by atoms with Crippen LogP contribution in [0.15, 0.2) is 6.20 Å². The monoisotopic (exact) mass is 225 g/mol. The zero-order chi connectivity index (χ0) is 12.2. The average molecular weight is 225 g/mol. The van der Waals surface area contributed by atoms with Gasteiger partial charge in [-0.25, -0.2) is 0 Å². The highest BCUT2D eigenvalue weighted by Gasteiger charge is 2.28. The molecule has 0 fully saturated rings. The van der Waals surface area contributed by atoms with E-state index in [-0.39, 0.29) is 12.5 Å². The summed E-state index contributed by atoms with van der Waals surface area (Å²) in [5.74, 6) is -0.191. The van der Waals surface area contributed by atoms with E-state index in [2.05, 4.69) is 15.5 Å². The molecule has 16 heavy (non-hydrogen) atoms. The lowest BCUT2D eigenvalue weighted by atomic mass is 9.93. The van der Waals surface area contributed by atoms with Crippen molar-refractivity contribution in [2.45, 2.75) is 39.2 Å². The first kappa shape index (κ1) is 12.7. The molecule has 5 heteroatoms. The molecule has 0 bridgehead atoms. The molecule has 1 heterocycles. The summed E-state index contributed by atoms with van der Waals surface area (Å²) in [6.07, 6.45) is 2.89. The van der Waals surface area contributed by atoms with Gasteiger partial charge in [-0.15, -0.1) is 0 Å². The summed E-state index contributed by atoms with van der Waals surface area (Å²) in [6.45, 7) is 5.63. The number of hydrogen-bond donors (Lipinski definition) is 3. The Kier molecular flexibility index (Phi) is 4.06. The maximum Gasteiger partial charge on any atom is 0.255 e. The summed E-state index contributed by atoms with van der Waals surface area (Å²) in [6, 6.07) is 0. The lowest BCUT2D eigenvalue weighted by Crippen LogP contribution is -2.50. The van der Waals surface area contributed by atoms with Gasteiger partial charge in [0.2, 0.25) is 0 Å². The normalized spacial score (nSPS) is 11.5. The van der Waals surface area contributed by atoms with E-state index in [1.807, 2.05) is 13.8 Å². The second-order valence-electron chi connectivity index (χ2n) is 4.01. The number of nitrogens with zero attached hydrogens (tertiary/aromatic N) is 1. The third-order valence-electron chi connectivity index (χ3n) is 3.11. The third-order valence-corrected chi connectivity index (χ3v) is 3.11. The Labute approximate surface area is 95.3 Å². The first-order valence-electron chi connectivity index (χ1n) is 5.52. The predicted molar refractivity (Wildman–Crippen MR) is 61.2 cm³/mol. The van der Waals surface area contributed by atoms with E-state index < -0.39 is 5.54 Å². The first-order chi connectivity index (χ1) is 7.58. The molecule has 90 valence electrons. The van der Waals surface area contributed by atoms with Crippen molar-refractivity contribution in [2.24, 2.45) is 0 Å². The van der Waals surface area contributed by atoms with E-state index in [4.69, 9.17) is 0 Å². The van der Waals surface area contributed by atoms with Gasteiger partial charge in [-0.1, -0.05) is 13.8 Å². The van der Waals surface area contributed by atoms with Gasteiger partial charge in [0.25, 0.3) is 5.91 Å². The van der Waals surface area contributed by atoms with Crippen LogP contribution in [0, 0.1) is 6.92 Å². The highest BCUT2D eigenvalue weighted by atomic mass is 16.3. The molecule has 1 amide bonds. The van der Waals surface area contributed by atoms with E-state index >= 15 is 0 Å². The highest BCUT2D eigenvalue weighted by molar-refractivity contribution is 5.95. The molecular formula is C11H19N3O2. The smallest absolute Gasteiger partial charge is 0.255 e. The lowest BCUT2D eigenvalue weighted by molar-refractivity contribution is 0.0817. The van der Waals surface area contributed by atoms with Gasteiger partial charge in [0.15, 0.2) is 0 Å². The van der Waals surface area contributed by atoms with E-state index in [0.717, 1.165) is 5.69 Å². The summed E-state index contributed by atoms with van der Waals surface area (Å²) in [5, 5.41) is 18.7. The van der Waals surface area contributed by atoms with Gasteiger partial charge in [-0.05, 0) is 19.8 Å². The van der Waals surface area contributed by atoms with E-state index in [9.17, 15) is 9.90 Å². The average Bonchev–Trinajstić information content (AvgIpc) is 2.72. The molecule has 0 atom stereocenters. The van der Waals surface area contributed by atoms with Gasteiger partial charge in [0, 0.05) is 5.69 Å². The molecule has 0 saturated carbocycles. The van der Waals surface area contributed by atoms with Crippen LogP contribution in [0.3, 0.4) is 0 Å². The predicted octanol–water partition coefficient (Wildman–Crippen LogP) is 0.999. The van der Waals surface area contributed by atoms with Crippen molar-refractivity contribution in [1.82, 2.24) is 15.5 Å². The summed E-state index contributed by atoms with van der Waals surface area (Å²) < 4.78 is 0. The molecule has 0 aliphatic carbocycles. The van der Waals surface area contributed by atoms with Crippen LogP contribution in [0.4, 0.5) is 0 Å². The van der Waals surface area contributed by atoms with Crippen LogP contribution in [0.5, 0.6) is 0 Å². The fourth-order valence-electron chi connectivity index (χ4n) is 1.58. The van der Waals surface area contributed by atoms with Gasteiger partial charge in [0.05, 0.1) is 23.9 Å². The molecule has 0 unspecified atom stereocenters. The molecule has 0 aliphatic rings. The van der Waals surface area contributed by atoms with E-state index in [1.165, 1.54) is 6.20 Å². The molecular weight excluding hydrogens is 206 g/mol. The number of nitrogens with one attached hydrogen (secondary N) is 2. The van der Waals surface area contributed by atoms with Crippen LogP contribution >= 0.6 is 0 Å².